The Kier molecular flexibility index (Phi) is 4.35. The highest BCUT2D eigenvalue weighted by Crippen LogP contribution is 2.29. The summed E-state index contributed by atoms with van der Waals surface area (Å²) in [6.45, 7) is 3.22. The monoisotopic (exact) mass is 344 g/mol. The van der Waals surface area contributed by atoms with E-state index >= 15 is 0 Å². The first-order chi connectivity index (χ1) is 11.5. The second-order valence-electron chi connectivity index (χ2n) is 5.47. The van der Waals surface area contributed by atoms with E-state index in [1.807, 2.05) is 13.0 Å². The quantitative estimate of drug-likeness (QED) is 0.869. The van der Waals surface area contributed by atoms with Crippen LogP contribution in [-0.4, -0.2) is 30.4 Å². The molecule has 3 rings (SSSR count). The van der Waals surface area contributed by atoms with Crippen LogP contribution in [0.25, 0.3) is 0 Å². The number of hydrogen-bond donors (Lipinski definition) is 1. The predicted octanol–water partition coefficient (Wildman–Crippen LogP) is 2.59. The number of esters is 1. The SMILES string of the molecule is Cc1ccsc1C(=O)OC(C)C(=O)N1CC(=O)Nc2ccccc21. The molecule has 1 aromatic carbocycles. The summed E-state index contributed by atoms with van der Waals surface area (Å²) < 4.78 is 5.29. The summed E-state index contributed by atoms with van der Waals surface area (Å²) in [6.07, 6.45) is -0.988. The van der Waals surface area contributed by atoms with E-state index in [0.717, 1.165) is 5.56 Å². The zero-order chi connectivity index (χ0) is 17.3. The summed E-state index contributed by atoms with van der Waals surface area (Å²) >= 11 is 1.27. The van der Waals surface area contributed by atoms with Crippen molar-refractivity contribution in [3.05, 3.63) is 46.2 Å². The van der Waals surface area contributed by atoms with Crippen LogP contribution >= 0.6 is 11.3 Å². The van der Waals surface area contributed by atoms with Gasteiger partial charge in [0.25, 0.3) is 5.91 Å². The molecule has 2 amide bonds. The van der Waals surface area contributed by atoms with Gasteiger partial charge in [-0.1, -0.05) is 12.1 Å². The third-order valence-corrected chi connectivity index (χ3v) is 4.71. The molecule has 0 bridgehead atoms. The van der Waals surface area contributed by atoms with E-state index in [-0.39, 0.29) is 12.5 Å². The van der Waals surface area contributed by atoms with Gasteiger partial charge in [0.05, 0.1) is 11.4 Å². The molecule has 0 saturated carbocycles. The lowest BCUT2D eigenvalue weighted by Gasteiger charge is -2.30. The van der Waals surface area contributed by atoms with Gasteiger partial charge >= 0.3 is 5.97 Å². The fraction of sp³-hybridized carbons (Fsp3) is 0.235. The maximum atomic E-state index is 12.7. The minimum absolute atomic E-state index is 0.101. The molecule has 7 heteroatoms. The molecule has 24 heavy (non-hydrogen) atoms. The van der Waals surface area contributed by atoms with Crippen molar-refractivity contribution in [1.82, 2.24) is 0 Å². The molecule has 0 aliphatic carbocycles. The summed E-state index contributed by atoms with van der Waals surface area (Å²) in [4.78, 5) is 38.5. The lowest BCUT2D eigenvalue weighted by molar-refractivity contribution is -0.128. The van der Waals surface area contributed by atoms with Crippen LogP contribution in [0.5, 0.6) is 0 Å². The Bertz CT molecular complexity index is 814. The number of amides is 2. The fourth-order valence-electron chi connectivity index (χ4n) is 2.50. The van der Waals surface area contributed by atoms with Crippen LogP contribution < -0.4 is 10.2 Å². The maximum absolute atomic E-state index is 12.7. The molecule has 1 unspecified atom stereocenters. The number of aryl methyl sites for hydroxylation is 1. The number of nitrogens with zero attached hydrogens (tertiary/aromatic N) is 1. The molecule has 1 aliphatic rings. The van der Waals surface area contributed by atoms with Crippen LogP contribution in [0.15, 0.2) is 35.7 Å². The van der Waals surface area contributed by atoms with Gasteiger partial charge in [-0.25, -0.2) is 4.79 Å². The van der Waals surface area contributed by atoms with Gasteiger partial charge in [-0.3, -0.25) is 14.5 Å². The molecule has 6 nitrogen and oxygen atoms in total. The Morgan fingerprint density at radius 3 is 2.75 bits per heavy atom. The molecule has 0 fully saturated rings. The maximum Gasteiger partial charge on any atom is 0.349 e. The number of carbonyl (C=O) groups is 3. The second kappa shape index (κ2) is 6.45. The van der Waals surface area contributed by atoms with Crippen LogP contribution in [0.3, 0.4) is 0 Å². The van der Waals surface area contributed by atoms with E-state index in [1.54, 1.807) is 29.6 Å². The van der Waals surface area contributed by atoms with Crippen molar-refractivity contribution in [1.29, 1.82) is 0 Å². The third-order valence-electron chi connectivity index (χ3n) is 3.72. The van der Waals surface area contributed by atoms with Crippen molar-refractivity contribution in [2.75, 3.05) is 16.8 Å². The number of rotatable bonds is 3. The topological polar surface area (TPSA) is 75.7 Å². The molecule has 2 aromatic rings. The summed E-state index contributed by atoms with van der Waals surface area (Å²) in [5, 5.41) is 4.51. The average Bonchev–Trinajstić information content (AvgIpc) is 2.99. The molecule has 0 radical (unpaired) electrons. The van der Waals surface area contributed by atoms with E-state index in [1.165, 1.54) is 23.2 Å². The van der Waals surface area contributed by atoms with E-state index in [0.29, 0.717) is 16.3 Å². The normalized spacial score (nSPS) is 14.6. The number of carbonyl (C=O) groups excluding carboxylic acids is 3. The van der Waals surface area contributed by atoms with Crippen molar-refractivity contribution < 1.29 is 19.1 Å². The zero-order valence-corrected chi connectivity index (χ0v) is 14.1. The summed E-state index contributed by atoms with van der Waals surface area (Å²) in [7, 11) is 0. The standard InChI is InChI=1S/C17H16N2O4S/c1-10-7-8-24-15(10)17(22)23-11(2)16(21)19-9-14(20)18-12-5-3-4-6-13(12)19/h3-8,11H,9H2,1-2H3,(H,18,20). The lowest BCUT2D eigenvalue weighted by atomic mass is 10.1. The Morgan fingerprint density at radius 1 is 1.29 bits per heavy atom. The fourth-order valence-corrected chi connectivity index (χ4v) is 3.30. The molecular weight excluding hydrogens is 328 g/mol. The number of hydrogen-bond acceptors (Lipinski definition) is 5. The van der Waals surface area contributed by atoms with Crippen LogP contribution in [0.1, 0.15) is 22.2 Å². The van der Waals surface area contributed by atoms with Gasteiger partial charge < -0.3 is 10.1 Å². The predicted molar refractivity (Wildman–Crippen MR) is 91.4 cm³/mol. The summed E-state index contributed by atoms with van der Waals surface area (Å²) in [5.41, 5.74) is 1.97. The average molecular weight is 344 g/mol. The first-order valence-electron chi connectivity index (χ1n) is 7.42. The second-order valence-corrected chi connectivity index (χ2v) is 6.39. The minimum Gasteiger partial charge on any atom is -0.448 e. The van der Waals surface area contributed by atoms with Gasteiger partial charge in [-0.05, 0) is 43.0 Å². The summed E-state index contributed by atoms with van der Waals surface area (Å²) in [5.74, 6) is -1.24. The third kappa shape index (κ3) is 3.03. The van der Waals surface area contributed by atoms with Gasteiger partial charge in [0, 0.05) is 0 Å². The molecule has 1 aliphatic heterocycles. The van der Waals surface area contributed by atoms with Gasteiger partial charge in [0.15, 0.2) is 6.10 Å². The van der Waals surface area contributed by atoms with Crippen molar-refractivity contribution >= 4 is 40.5 Å². The van der Waals surface area contributed by atoms with Crippen LogP contribution in [0.4, 0.5) is 11.4 Å². The van der Waals surface area contributed by atoms with Crippen molar-refractivity contribution in [3.8, 4) is 0 Å². The number of thiophene rings is 1. The molecule has 1 N–H and O–H groups in total. The molecule has 0 saturated heterocycles. The van der Waals surface area contributed by atoms with E-state index < -0.39 is 18.0 Å². The number of para-hydroxylation sites is 2. The molecule has 1 aromatic heterocycles. The molecule has 0 spiro atoms. The number of nitrogens with one attached hydrogen (secondary N) is 1. The van der Waals surface area contributed by atoms with Gasteiger partial charge in [0.1, 0.15) is 11.4 Å². The smallest absolute Gasteiger partial charge is 0.349 e. The van der Waals surface area contributed by atoms with E-state index in [2.05, 4.69) is 5.32 Å². The van der Waals surface area contributed by atoms with Crippen molar-refractivity contribution in [3.63, 3.8) is 0 Å². The number of anilines is 2. The van der Waals surface area contributed by atoms with Gasteiger partial charge in [-0.15, -0.1) is 11.3 Å². The Hall–Kier alpha value is -2.67. The van der Waals surface area contributed by atoms with E-state index in [4.69, 9.17) is 4.74 Å². The lowest BCUT2D eigenvalue weighted by Crippen LogP contribution is -2.47. The van der Waals surface area contributed by atoms with Crippen LogP contribution in [-0.2, 0) is 14.3 Å². The first kappa shape index (κ1) is 16.2. The zero-order valence-electron chi connectivity index (χ0n) is 13.2. The molecular formula is C17H16N2O4S. The highest BCUT2D eigenvalue weighted by molar-refractivity contribution is 7.12. The first-order valence-corrected chi connectivity index (χ1v) is 8.30. The largest absolute Gasteiger partial charge is 0.448 e. The Labute approximate surface area is 143 Å². The van der Waals surface area contributed by atoms with Crippen molar-refractivity contribution in [2.24, 2.45) is 0 Å². The summed E-state index contributed by atoms with van der Waals surface area (Å²) in [6, 6.07) is 8.83. The minimum atomic E-state index is -0.988. The van der Waals surface area contributed by atoms with Crippen LogP contribution in [0, 0.1) is 6.92 Å². The Balaban J connectivity index is 1.78. The molecule has 1 atom stereocenters. The van der Waals surface area contributed by atoms with Crippen molar-refractivity contribution in [2.45, 2.75) is 20.0 Å². The Morgan fingerprint density at radius 2 is 2.04 bits per heavy atom. The van der Waals surface area contributed by atoms with Gasteiger partial charge in [-0.2, -0.15) is 0 Å². The molecule has 2 heterocycles. The highest BCUT2D eigenvalue weighted by Gasteiger charge is 2.31. The van der Waals surface area contributed by atoms with E-state index in [9.17, 15) is 14.4 Å². The number of benzene rings is 1. The number of fused-ring (bicyclic) bond motifs is 1. The van der Waals surface area contributed by atoms with Crippen LogP contribution in [0.2, 0.25) is 0 Å². The highest BCUT2D eigenvalue weighted by atomic mass is 32.1. The van der Waals surface area contributed by atoms with Gasteiger partial charge in [0.2, 0.25) is 5.91 Å². The number of ether oxygens (including phenoxy) is 1. The molecule has 124 valence electrons.